The van der Waals surface area contributed by atoms with Crippen LogP contribution in [0.5, 0.6) is 0 Å². The summed E-state index contributed by atoms with van der Waals surface area (Å²) in [6.07, 6.45) is 3.49. The van der Waals surface area contributed by atoms with E-state index in [2.05, 4.69) is 31.3 Å². The number of rotatable bonds is 6. The molecule has 9 nitrogen and oxygen atoms in total. The topological polar surface area (TPSA) is 103 Å². The zero-order chi connectivity index (χ0) is 17.8. The average molecular weight is 377 g/mol. The van der Waals surface area contributed by atoms with Crippen LogP contribution in [0.3, 0.4) is 0 Å². The van der Waals surface area contributed by atoms with Crippen LogP contribution >= 0.6 is 12.4 Å². The van der Waals surface area contributed by atoms with Gasteiger partial charge in [-0.25, -0.2) is 4.68 Å². The number of tetrazole rings is 1. The SMILES string of the molecule is CCn1nnnc1-c1cccc(NC(=O)C(NC)c2cnn(C)c2)c1.Cl. The summed E-state index contributed by atoms with van der Waals surface area (Å²) in [7, 11) is 3.55. The number of carbonyl (C=O) groups excluding carboxylic acids is 1. The van der Waals surface area contributed by atoms with E-state index in [0.717, 1.165) is 11.1 Å². The molecular formula is C16H21ClN8O. The second kappa shape index (κ2) is 8.54. The zero-order valence-electron chi connectivity index (χ0n) is 14.7. The van der Waals surface area contributed by atoms with Crippen molar-refractivity contribution in [3.05, 3.63) is 42.2 Å². The number of anilines is 1. The van der Waals surface area contributed by atoms with E-state index in [1.807, 2.05) is 44.4 Å². The highest BCUT2D eigenvalue weighted by Crippen LogP contribution is 2.21. The van der Waals surface area contributed by atoms with E-state index in [1.165, 1.54) is 0 Å². The summed E-state index contributed by atoms with van der Waals surface area (Å²) in [6.45, 7) is 2.64. The maximum absolute atomic E-state index is 12.6. The molecule has 1 unspecified atom stereocenters. The number of benzene rings is 1. The Morgan fingerprint density at radius 3 is 2.81 bits per heavy atom. The number of hydrogen-bond donors (Lipinski definition) is 2. The lowest BCUT2D eigenvalue weighted by atomic mass is 10.1. The highest BCUT2D eigenvalue weighted by atomic mass is 35.5. The summed E-state index contributed by atoms with van der Waals surface area (Å²) in [4.78, 5) is 12.6. The van der Waals surface area contributed by atoms with Crippen LogP contribution in [0.2, 0.25) is 0 Å². The van der Waals surface area contributed by atoms with Crippen molar-refractivity contribution in [2.45, 2.75) is 19.5 Å². The Hall–Kier alpha value is -2.78. The molecule has 0 aliphatic rings. The molecule has 1 atom stereocenters. The first-order valence-electron chi connectivity index (χ1n) is 7.95. The minimum absolute atomic E-state index is 0. The molecule has 2 aromatic heterocycles. The minimum Gasteiger partial charge on any atom is -0.324 e. The number of nitrogens with zero attached hydrogens (tertiary/aromatic N) is 6. The summed E-state index contributed by atoms with van der Waals surface area (Å²) in [6, 6.07) is 6.96. The number of amides is 1. The van der Waals surface area contributed by atoms with Crippen molar-refractivity contribution < 1.29 is 4.79 Å². The van der Waals surface area contributed by atoms with E-state index in [1.54, 1.807) is 22.6 Å². The molecular weight excluding hydrogens is 356 g/mol. The average Bonchev–Trinajstić information content (AvgIpc) is 3.24. The van der Waals surface area contributed by atoms with E-state index in [-0.39, 0.29) is 18.3 Å². The Kier molecular flexibility index (Phi) is 6.42. The second-order valence-corrected chi connectivity index (χ2v) is 5.56. The van der Waals surface area contributed by atoms with Crippen LogP contribution in [0.4, 0.5) is 5.69 Å². The lowest BCUT2D eigenvalue weighted by Crippen LogP contribution is -2.30. The molecule has 1 amide bonds. The molecule has 1 aromatic carbocycles. The smallest absolute Gasteiger partial charge is 0.246 e. The van der Waals surface area contributed by atoms with Gasteiger partial charge in [0.05, 0.1) is 6.20 Å². The Labute approximate surface area is 157 Å². The molecule has 26 heavy (non-hydrogen) atoms. The van der Waals surface area contributed by atoms with E-state index >= 15 is 0 Å². The zero-order valence-corrected chi connectivity index (χ0v) is 15.6. The van der Waals surface area contributed by atoms with Gasteiger partial charge in [0, 0.05) is 36.6 Å². The first-order chi connectivity index (χ1) is 12.1. The maximum Gasteiger partial charge on any atom is 0.246 e. The standard InChI is InChI=1S/C16H20N8O.ClH/c1-4-24-15(20-21-22-24)11-6-5-7-13(8-11)19-16(25)14(17-2)12-9-18-23(3)10-12;/h5-10,14,17H,4H2,1-3H3,(H,19,25);1H. The van der Waals surface area contributed by atoms with Crippen molar-refractivity contribution in [1.29, 1.82) is 0 Å². The van der Waals surface area contributed by atoms with Crippen LogP contribution in [0.25, 0.3) is 11.4 Å². The summed E-state index contributed by atoms with van der Waals surface area (Å²) in [5, 5.41) is 21.7. The van der Waals surface area contributed by atoms with Crippen molar-refractivity contribution in [2.24, 2.45) is 7.05 Å². The number of hydrogen-bond acceptors (Lipinski definition) is 6. The van der Waals surface area contributed by atoms with Gasteiger partial charge in [-0.15, -0.1) is 17.5 Å². The summed E-state index contributed by atoms with van der Waals surface area (Å²) in [5.41, 5.74) is 2.32. The van der Waals surface area contributed by atoms with Gasteiger partial charge in [0.25, 0.3) is 0 Å². The first kappa shape index (κ1) is 19.5. The Morgan fingerprint density at radius 1 is 1.35 bits per heavy atom. The van der Waals surface area contributed by atoms with Crippen LogP contribution in [0.15, 0.2) is 36.7 Å². The largest absolute Gasteiger partial charge is 0.324 e. The van der Waals surface area contributed by atoms with Gasteiger partial charge >= 0.3 is 0 Å². The summed E-state index contributed by atoms with van der Waals surface area (Å²) in [5.74, 6) is 0.499. The number of nitrogens with one attached hydrogen (secondary N) is 2. The summed E-state index contributed by atoms with van der Waals surface area (Å²) < 4.78 is 3.37. The molecule has 0 bridgehead atoms. The highest BCUT2D eigenvalue weighted by molar-refractivity contribution is 5.95. The predicted molar refractivity (Wildman–Crippen MR) is 99.8 cm³/mol. The second-order valence-electron chi connectivity index (χ2n) is 5.56. The molecule has 0 spiro atoms. The monoisotopic (exact) mass is 376 g/mol. The van der Waals surface area contributed by atoms with Crippen molar-refractivity contribution in [3.63, 3.8) is 0 Å². The number of aromatic nitrogens is 6. The first-order valence-corrected chi connectivity index (χ1v) is 7.95. The van der Waals surface area contributed by atoms with Crippen molar-refractivity contribution in [2.75, 3.05) is 12.4 Å². The number of halogens is 1. The molecule has 0 radical (unpaired) electrons. The van der Waals surface area contributed by atoms with Crippen LogP contribution in [-0.4, -0.2) is 42.9 Å². The third-order valence-electron chi connectivity index (χ3n) is 3.83. The number of carbonyl (C=O) groups is 1. The van der Waals surface area contributed by atoms with Gasteiger partial charge in [-0.1, -0.05) is 12.1 Å². The quantitative estimate of drug-likeness (QED) is 0.674. The molecule has 3 rings (SSSR count). The minimum atomic E-state index is -0.488. The third-order valence-corrected chi connectivity index (χ3v) is 3.83. The molecule has 0 saturated carbocycles. The predicted octanol–water partition coefficient (Wildman–Crippen LogP) is 1.41. The molecule has 10 heteroatoms. The van der Waals surface area contributed by atoms with E-state index < -0.39 is 6.04 Å². The molecule has 0 fully saturated rings. The van der Waals surface area contributed by atoms with E-state index in [9.17, 15) is 4.79 Å². The van der Waals surface area contributed by atoms with Gasteiger partial charge in [-0.2, -0.15) is 5.10 Å². The molecule has 0 aliphatic carbocycles. The Balaban J connectivity index is 0.00000243. The summed E-state index contributed by atoms with van der Waals surface area (Å²) >= 11 is 0. The van der Waals surface area contributed by atoms with Gasteiger partial charge in [-0.05, 0) is 36.5 Å². The molecule has 3 aromatic rings. The third kappa shape index (κ3) is 4.06. The van der Waals surface area contributed by atoms with E-state index in [0.29, 0.717) is 18.1 Å². The van der Waals surface area contributed by atoms with Gasteiger partial charge < -0.3 is 10.6 Å². The maximum atomic E-state index is 12.6. The molecule has 2 heterocycles. The Bertz CT molecular complexity index is 875. The van der Waals surface area contributed by atoms with Gasteiger partial charge in [0.15, 0.2) is 5.82 Å². The van der Waals surface area contributed by atoms with Gasteiger partial charge in [0.2, 0.25) is 5.91 Å². The molecule has 0 saturated heterocycles. The van der Waals surface area contributed by atoms with Gasteiger partial charge in [0.1, 0.15) is 6.04 Å². The molecule has 2 N–H and O–H groups in total. The number of likely N-dealkylation sites (N-methyl/N-ethyl adjacent to an activating group) is 1. The fraction of sp³-hybridized carbons (Fsp3) is 0.312. The normalized spacial score (nSPS) is 11.7. The van der Waals surface area contributed by atoms with E-state index in [4.69, 9.17) is 0 Å². The molecule has 0 aliphatic heterocycles. The van der Waals surface area contributed by atoms with Gasteiger partial charge in [-0.3, -0.25) is 9.48 Å². The van der Waals surface area contributed by atoms with Crippen LogP contribution in [-0.2, 0) is 18.4 Å². The van der Waals surface area contributed by atoms with Crippen molar-refractivity contribution >= 4 is 24.0 Å². The van der Waals surface area contributed by atoms with Crippen LogP contribution < -0.4 is 10.6 Å². The lowest BCUT2D eigenvalue weighted by molar-refractivity contribution is -0.118. The highest BCUT2D eigenvalue weighted by Gasteiger charge is 2.20. The fourth-order valence-corrected chi connectivity index (χ4v) is 2.61. The molecule has 138 valence electrons. The fourth-order valence-electron chi connectivity index (χ4n) is 2.61. The van der Waals surface area contributed by atoms with Crippen LogP contribution in [0, 0.1) is 0 Å². The van der Waals surface area contributed by atoms with Crippen molar-refractivity contribution in [3.8, 4) is 11.4 Å². The Morgan fingerprint density at radius 2 is 2.15 bits per heavy atom. The van der Waals surface area contributed by atoms with Crippen molar-refractivity contribution in [1.82, 2.24) is 35.3 Å². The van der Waals surface area contributed by atoms with Crippen LogP contribution in [0.1, 0.15) is 18.5 Å². The number of aryl methyl sites for hydroxylation is 2. The lowest BCUT2D eigenvalue weighted by Gasteiger charge is -2.15.